The van der Waals surface area contributed by atoms with Crippen LogP contribution in [0.5, 0.6) is 0 Å². The van der Waals surface area contributed by atoms with Gasteiger partial charge >= 0.3 is 0 Å². The Morgan fingerprint density at radius 3 is 2.06 bits per heavy atom. The predicted octanol–water partition coefficient (Wildman–Crippen LogP) is 3.93. The van der Waals surface area contributed by atoms with Gasteiger partial charge in [0.15, 0.2) is 0 Å². The van der Waals surface area contributed by atoms with Crippen LogP contribution in [0.1, 0.15) is 52.2 Å². The summed E-state index contributed by atoms with van der Waals surface area (Å²) in [7, 11) is 0. The summed E-state index contributed by atoms with van der Waals surface area (Å²) in [6, 6.07) is 8.65. The van der Waals surface area contributed by atoms with Gasteiger partial charge in [-0.25, -0.2) is 0 Å². The lowest BCUT2D eigenvalue weighted by Crippen LogP contribution is -2.19. The molecule has 0 aliphatic heterocycles. The van der Waals surface area contributed by atoms with Crippen LogP contribution in [-0.2, 0) is 11.8 Å². The summed E-state index contributed by atoms with van der Waals surface area (Å²) < 4.78 is 0. The van der Waals surface area contributed by atoms with E-state index in [1.165, 1.54) is 11.1 Å². The van der Waals surface area contributed by atoms with Crippen molar-refractivity contribution in [3.63, 3.8) is 0 Å². The molecule has 0 radical (unpaired) electrons. The van der Waals surface area contributed by atoms with E-state index in [4.69, 9.17) is 0 Å². The molecule has 1 nitrogen and oxygen atoms in total. The summed E-state index contributed by atoms with van der Waals surface area (Å²) in [5, 5.41) is 10.0. The Morgan fingerprint density at radius 2 is 1.65 bits per heavy atom. The zero-order chi connectivity index (χ0) is 13.1. The van der Waals surface area contributed by atoms with Gasteiger partial charge in [0.05, 0.1) is 6.10 Å². The van der Waals surface area contributed by atoms with Crippen LogP contribution in [0, 0.1) is 5.92 Å². The molecular formula is C16H26O. The van der Waals surface area contributed by atoms with Crippen molar-refractivity contribution in [1.82, 2.24) is 0 Å². The van der Waals surface area contributed by atoms with Crippen LogP contribution in [0.2, 0.25) is 0 Å². The summed E-state index contributed by atoms with van der Waals surface area (Å²) in [4.78, 5) is 0. The van der Waals surface area contributed by atoms with Gasteiger partial charge < -0.3 is 5.11 Å². The van der Waals surface area contributed by atoms with Crippen molar-refractivity contribution >= 4 is 0 Å². The predicted molar refractivity (Wildman–Crippen MR) is 74.3 cm³/mol. The van der Waals surface area contributed by atoms with Gasteiger partial charge in [-0.15, -0.1) is 0 Å². The molecule has 1 aromatic carbocycles. The molecule has 17 heavy (non-hydrogen) atoms. The highest BCUT2D eigenvalue weighted by molar-refractivity contribution is 5.27. The van der Waals surface area contributed by atoms with E-state index < -0.39 is 0 Å². The fourth-order valence-electron chi connectivity index (χ4n) is 1.86. The Labute approximate surface area is 106 Å². The van der Waals surface area contributed by atoms with E-state index in [2.05, 4.69) is 58.9 Å². The number of benzene rings is 1. The molecule has 0 saturated heterocycles. The molecule has 1 N–H and O–H groups in total. The molecule has 0 aliphatic carbocycles. The van der Waals surface area contributed by atoms with Crippen LogP contribution in [0.25, 0.3) is 0 Å². The lowest BCUT2D eigenvalue weighted by atomic mass is 9.86. The highest BCUT2D eigenvalue weighted by Crippen LogP contribution is 2.23. The molecule has 1 rings (SSSR count). The number of rotatable bonds is 4. The first-order chi connectivity index (χ1) is 7.84. The zero-order valence-electron chi connectivity index (χ0n) is 11.8. The summed E-state index contributed by atoms with van der Waals surface area (Å²) in [6.45, 7) is 10.9. The van der Waals surface area contributed by atoms with E-state index in [-0.39, 0.29) is 11.5 Å². The van der Waals surface area contributed by atoms with Gasteiger partial charge in [0.25, 0.3) is 0 Å². The van der Waals surface area contributed by atoms with Gasteiger partial charge in [0, 0.05) is 0 Å². The molecule has 0 amide bonds. The molecule has 96 valence electrons. The van der Waals surface area contributed by atoms with Crippen LogP contribution in [-0.4, -0.2) is 11.2 Å². The van der Waals surface area contributed by atoms with Gasteiger partial charge in [0.2, 0.25) is 0 Å². The quantitative estimate of drug-likeness (QED) is 0.837. The number of hydrogen-bond acceptors (Lipinski definition) is 1. The zero-order valence-corrected chi connectivity index (χ0v) is 11.8. The summed E-state index contributed by atoms with van der Waals surface area (Å²) in [5.41, 5.74) is 2.78. The van der Waals surface area contributed by atoms with E-state index in [1.54, 1.807) is 0 Å². The lowest BCUT2D eigenvalue weighted by Gasteiger charge is -2.20. The molecule has 2 unspecified atom stereocenters. The normalized spacial score (nSPS) is 15.6. The standard InChI is InChI=1S/C16H26O/c1-6-12(2)15(17)11-13-7-9-14(10-8-13)16(3,4)5/h7-10,12,15,17H,6,11H2,1-5H3. The van der Waals surface area contributed by atoms with Gasteiger partial charge in [0.1, 0.15) is 0 Å². The average Bonchev–Trinajstić information content (AvgIpc) is 2.27. The van der Waals surface area contributed by atoms with Gasteiger partial charge in [-0.1, -0.05) is 65.3 Å². The molecule has 0 spiro atoms. The smallest absolute Gasteiger partial charge is 0.0605 e. The molecule has 1 heteroatoms. The third kappa shape index (κ3) is 4.16. The Morgan fingerprint density at radius 1 is 1.12 bits per heavy atom. The summed E-state index contributed by atoms with van der Waals surface area (Å²) in [6.07, 6.45) is 1.57. The SMILES string of the molecule is CCC(C)C(O)Cc1ccc(C(C)(C)C)cc1. The Hall–Kier alpha value is -0.820. The minimum atomic E-state index is -0.222. The van der Waals surface area contributed by atoms with Crippen molar-refractivity contribution in [3.05, 3.63) is 35.4 Å². The number of aliphatic hydroxyl groups excluding tert-OH is 1. The van der Waals surface area contributed by atoms with Crippen molar-refractivity contribution in [1.29, 1.82) is 0 Å². The van der Waals surface area contributed by atoms with Crippen molar-refractivity contribution in [2.24, 2.45) is 5.92 Å². The second kappa shape index (κ2) is 5.68. The van der Waals surface area contributed by atoms with E-state index in [0.717, 1.165) is 12.8 Å². The van der Waals surface area contributed by atoms with E-state index in [0.29, 0.717) is 5.92 Å². The third-order valence-electron chi connectivity index (χ3n) is 3.57. The van der Waals surface area contributed by atoms with Gasteiger partial charge in [-0.05, 0) is 28.9 Å². The van der Waals surface area contributed by atoms with Gasteiger partial charge in [-0.3, -0.25) is 0 Å². The highest BCUT2D eigenvalue weighted by Gasteiger charge is 2.15. The van der Waals surface area contributed by atoms with Crippen molar-refractivity contribution < 1.29 is 5.11 Å². The van der Waals surface area contributed by atoms with Crippen LogP contribution in [0.3, 0.4) is 0 Å². The first-order valence-corrected chi connectivity index (χ1v) is 6.62. The summed E-state index contributed by atoms with van der Waals surface area (Å²) >= 11 is 0. The van der Waals surface area contributed by atoms with Crippen LogP contribution in [0.15, 0.2) is 24.3 Å². The van der Waals surface area contributed by atoms with E-state index in [9.17, 15) is 5.11 Å². The van der Waals surface area contributed by atoms with Gasteiger partial charge in [-0.2, -0.15) is 0 Å². The Bertz CT molecular complexity index is 332. The number of aliphatic hydroxyl groups is 1. The molecular weight excluding hydrogens is 208 g/mol. The second-order valence-electron chi connectivity index (χ2n) is 6.10. The van der Waals surface area contributed by atoms with Crippen molar-refractivity contribution in [3.8, 4) is 0 Å². The highest BCUT2D eigenvalue weighted by atomic mass is 16.3. The number of hydrogen-bond donors (Lipinski definition) is 1. The lowest BCUT2D eigenvalue weighted by molar-refractivity contribution is 0.115. The van der Waals surface area contributed by atoms with E-state index >= 15 is 0 Å². The molecule has 1 aromatic rings. The monoisotopic (exact) mass is 234 g/mol. The first-order valence-electron chi connectivity index (χ1n) is 6.62. The second-order valence-corrected chi connectivity index (χ2v) is 6.10. The minimum absolute atomic E-state index is 0.202. The minimum Gasteiger partial charge on any atom is -0.393 e. The molecule has 0 fully saturated rings. The van der Waals surface area contributed by atoms with Crippen LogP contribution in [0.4, 0.5) is 0 Å². The van der Waals surface area contributed by atoms with E-state index in [1.807, 2.05) is 0 Å². The fraction of sp³-hybridized carbons (Fsp3) is 0.625. The molecule has 0 saturated carbocycles. The molecule has 0 aromatic heterocycles. The molecule has 0 heterocycles. The van der Waals surface area contributed by atoms with Crippen LogP contribution >= 0.6 is 0 Å². The average molecular weight is 234 g/mol. The first kappa shape index (κ1) is 14.2. The fourth-order valence-corrected chi connectivity index (χ4v) is 1.86. The summed E-state index contributed by atoms with van der Waals surface area (Å²) in [5.74, 6) is 0.372. The third-order valence-corrected chi connectivity index (χ3v) is 3.57. The Balaban J connectivity index is 2.69. The largest absolute Gasteiger partial charge is 0.393 e. The topological polar surface area (TPSA) is 20.2 Å². The maximum atomic E-state index is 10.0. The molecule has 2 atom stereocenters. The van der Waals surface area contributed by atoms with Crippen molar-refractivity contribution in [2.75, 3.05) is 0 Å². The van der Waals surface area contributed by atoms with Crippen LogP contribution < -0.4 is 0 Å². The van der Waals surface area contributed by atoms with Crippen molar-refractivity contribution in [2.45, 2.75) is 59.0 Å². The maximum absolute atomic E-state index is 10.0. The molecule has 0 bridgehead atoms. The molecule has 0 aliphatic rings. The maximum Gasteiger partial charge on any atom is 0.0605 e. The Kier molecular flexibility index (Phi) is 4.76.